The molecule has 5 nitrogen and oxygen atoms in total. The van der Waals surface area contributed by atoms with Crippen LogP contribution in [0, 0.1) is 11.6 Å². The molecule has 2 aromatic carbocycles. The van der Waals surface area contributed by atoms with Crippen LogP contribution in [0.4, 0.5) is 19.3 Å². The van der Waals surface area contributed by atoms with E-state index in [2.05, 4.69) is 21.2 Å². The van der Waals surface area contributed by atoms with Crippen LogP contribution < -0.4 is 10.2 Å². The van der Waals surface area contributed by atoms with Crippen LogP contribution in [0.25, 0.3) is 0 Å². The summed E-state index contributed by atoms with van der Waals surface area (Å²) in [6, 6.07) is 5.83. The molecular weight excluding hydrogens is 398 g/mol. The molecule has 2 amide bonds. The molecule has 0 aromatic heterocycles. The zero-order chi connectivity index (χ0) is 18.1. The summed E-state index contributed by atoms with van der Waals surface area (Å²) in [5.74, 6) is -2.40. The van der Waals surface area contributed by atoms with E-state index in [9.17, 15) is 18.4 Å². The van der Waals surface area contributed by atoms with Crippen LogP contribution >= 0.6 is 15.9 Å². The van der Waals surface area contributed by atoms with Gasteiger partial charge in [0.15, 0.2) is 0 Å². The number of fused-ring (bicyclic) bond motifs is 1. The molecule has 2 aromatic rings. The summed E-state index contributed by atoms with van der Waals surface area (Å²) in [6.45, 7) is 0.363. The average Bonchev–Trinajstić information content (AvgIpc) is 2.95. The predicted octanol–water partition coefficient (Wildman–Crippen LogP) is 3.70. The molecule has 8 heteroatoms. The fourth-order valence-corrected chi connectivity index (χ4v) is 3.13. The van der Waals surface area contributed by atoms with Gasteiger partial charge in [0.05, 0.1) is 15.7 Å². The van der Waals surface area contributed by atoms with Crippen LogP contribution in [0.5, 0.6) is 0 Å². The second kappa shape index (κ2) is 6.79. The first-order valence-corrected chi connectivity index (χ1v) is 8.20. The van der Waals surface area contributed by atoms with Gasteiger partial charge in [0.25, 0.3) is 0 Å². The number of nitrogens with one attached hydrogen (secondary N) is 1. The molecule has 0 spiro atoms. The van der Waals surface area contributed by atoms with Crippen molar-refractivity contribution in [1.29, 1.82) is 0 Å². The topological polar surface area (TPSA) is 69.6 Å². The highest BCUT2D eigenvalue weighted by atomic mass is 79.9. The number of amides is 2. The van der Waals surface area contributed by atoms with E-state index in [1.165, 1.54) is 17.0 Å². The van der Waals surface area contributed by atoms with E-state index in [1.807, 2.05) is 0 Å². The van der Waals surface area contributed by atoms with Crippen molar-refractivity contribution < 1.29 is 23.5 Å². The Bertz CT molecular complexity index is 873. The first-order chi connectivity index (χ1) is 11.8. The van der Waals surface area contributed by atoms with Gasteiger partial charge in [0, 0.05) is 13.1 Å². The van der Waals surface area contributed by atoms with Crippen LogP contribution in [0.3, 0.4) is 0 Å². The van der Waals surface area contributed by atoms with E-state index >= 15 is 0 Å². The Kier molecular flexibility index (Phi) is 4.71. The molecule has 0 saturated heterocycles. The number of hydrogen-bond acceptors (Lipinski definition) is 2. The third kappa shape index (κ3) is 3.63. The molecule has 1 heterocycles. The highest BCUT2D eigenvalue weighted by Gasteiger charge is 2.26. The van der Waals surface area contributed by atoms with Gasteiger partial charge in [-0.2, -0.15) is 0 Å². The van der Waals surface area contributed by atoms with E-state index in [0.717, 1.165) is 17.7 Å². The van der Waals surface area contributed by atoms with Crippen LogP contribution in [-0.2, 0) is 13.0 Å². The van der Waals surface area contributed by atoms with Crippen molar-refractivity contribution in [3.8, 4) is 0 Å². The first kappa shape index (κ1) is 17.3. The smallest absolute Gasteiger partial charge is 0.335 e. The maximum atomic E-state index is 13.7. The summed E-state index contributed by atoms with van der Waals surface area (Å²) in [4.78, 5) is 24.7. The molecule has 0 fully saturated rings. The van der Waals surface area contributed by atoms with Gasteiger partial charge in [-0.25, -0.2) is 18.4 Å². The lowest BCUT2D eigenvalue weighted by Crippen LogP contribution is -2.38. The standard InChI is InChI=1S/C17H13BrF2N2O3/c18-13-6-10-1-2-22(15(10)7-14(13)20)17(25)21-8-9-3-11(16(23)24)5-12(19)4-9/h3-7H,1-2,8H2,(H,21,25)(H,23,24). The quantitative estimate of drug-likeness (QED) is 0.810. The van der Waals surface area contributed by atoms with E-state index in [1.54, 1.807) is 6.07 Å². The van der Waals surface area contributed by atoms with Crippen LogP contribution in [0.15, 0.2) is 34.8 Å². The van der Waals surface area contributed by atoms with E-state index in [-0.39, 0.29) is 12.1 Å². The van der Waals surface area contributed by atoms with Gasteiger partial charge < -0.3 is 10.4 Å². The van der Waals surface area contributed by atoms with Crippen LogP contribution in [-0.4, -0.2) is 23.7 Å². The van der Waals surface area contributed by atoms with Gasteiger partial charge in [0.2, 0.25) is 0 Å². The Labute approximate surface area is 150 Å². The van der Waals surface area contributed by atoms with E-state index in [4.69, 9.17) is 5.11 Å². The highest BCUT2D eigenvalue weighted by Crippen LogP contribution is 2.32. The SMILES string of the molecule is O=C(O)c1cc(F)cc(CNC(=O)N2CCc3cc(Br)c(F)cc32)c1. The van der Waals surface area contributed by atoms with Gasteiger partial charge in [-0.15, -0.1) is 0 Å². The number of halogens is 3. The van der Waals surface area contributed by atoms with Crippen molar-refractivity contribution in [3.05, 3.63) is 63.1 Å². The number of urea groups is 1. The number of nitrogens with zero attached hydrogens (tertiary/aromatic N) is 1. The molecule has 0 saturated carbocycles. The number of hydrogen-bond donors (Lipinski definition) is 2. The Morgan fingerprint density at radius 1 is 1.20 bits per heavy atom. The van der Waals surface area contributed by atoms with Crippen molar-refractivity contribution in [3.63, 3.8) is 0 Å². The third-order valence-corrected chi connectivity index (χ3v) is 4.52. The highest BCUT2D eigenvalue weighted by molar-refractivity contribution is 9.10. The molecule has 130 valence electrons. The number of carbonyl (C=O) groups is 2. The molecule has 0 unspecified atom stereocenters. The molecule has 0 bridgehead atoms. The molecular formula is C17H13BrF2N2O3. The second-order valence-electron chi connectivity index (χ2n) is 5.61. The van der Waals surface area contributed by atoms with Crippen molar-refractivity contribution in [2.24, 2.45) is 0 Å². The average molecular weight is 411 g/mol. The number of carboxylic acids is 1. The van der Waals surface area contributed by atoms with Crippen molar-refractivity contribution >= 4 is 33.6 Å². The van der Waals surface area contributed by atoms with Gasteiger partial charge in [0.1, 0.15) is 11.6 Å². The van der Waals surface area contributed by atoms with Gasteiger partial charge >= 0.3 is 12.0 Å². The summed E-state index contributed by atoms with van der Waals surface area (Å²) in [5, 5.41) is 11.5. The van der Waals surface area contributed by atoms with Gasteiger partial charge in [-0.05, 0) is 63.8 Å². The zero-order valence-electron chi connectivity index (χ0n) is 12.9. The van der Waals surface area contributed by atoms with Crippen LogP contribution in [0.2, 0.25) is 0 Å². The minimum absolute atomic E-state index is 0.0400. The Morgan fingerprint density at radius 2 is 1.96 bits per heavy atom. The lowest BCUT2D eigenvalue weighted by Gasteiger charge is -2.18. The van der Waals surface area contributed by atoms with Crippen molar-refractivity contribution in [2.75, 3.05) is 11.4 Å². The minimum Gasteiger partial charge on any atom is -0.478 e. The molecule has 3 rings (SSSR count). The molecule has 0 atom stereocenters. The molecule has 0 aliphatic carbocycles. The van der Waals surface area contributed by atoms with E-state index in [0.29, 0.717) is 28.7 Å². The lowest BCUT2D eigenvalue weighted by molar-refractivity contribution is 0.0696. The Morgan fingerprint density at radius 3 is 2.68 bits per heavy atom. The second-order valence-corrected chi connectivity index (χ2v) is 6.46. The van der Waals surface area contributed by atoms with Gasteiger partial charge in [-0.3, -0.25) is 4.90 Å². The molecule has 25 heavy (non-hydrogen) atoms. The fourth-order valence-electron chi connectivity index (χ4n) is 2.74. The summed E-state index contributed by atoms with van der Waals surface area (Å²) < 4.78 is 27.5. The van der Waals surface area contributed by atoms with Crippen molar-refractivity contribution in [2.45, 2.75) is 13.0 Å². The van der Waals surface area contributed by atoms with Crippen LogP contribution in [0.1, 0.15) is 21.5 Å². The maximum Gasteiger partial charge on any atom is 0.335 e. The zero-order valence-corrected chi connectivity index (χ0v) is 14.4. The summed E-state index contributed by atoms with van der Waals surface area (Å²) in [5.41, 5.74) is 1.47. The number of benzene rings is 2. The molecule has 0 radical (unpaired) electrons. The normalized spacial score (nSPS) is 12.8. The summed E-state index contributed by atoms with van der Waals surface area (Å²) in [6.07, 6.45) is 0.602. The molecule has 2 N–H and O–H groups in total. The number of anilines is 1. The Hall–Kier alpha value is -2.48. The maximum absolute atomic E-state index is 13.7. The Balaban J connectivity index is 1.73. The number of carbonyl (C=O) groups excluding carboxylic acids is 1. The van der Waals surface area contributed by atoms with Crippen molar-refractivity contribution in [1.82, 2.24) is 5.32 Å². The molecule has 1 aliphatic rings. The van der Waals surface area contributed by atoms with E-state index < -0.39 is 23.6 Å². The van der Waals surface area contributed by atoms with Gasteiger partial charge in [-0.1, -0.05) is 0 Å². The largest absolute Gasteiger partial charge is 0.478 e. The number of carboxylic acid groups (broad SMARTS) is 1. The summed E-state index contributed by atoms with van der Waals surface area (Å²) >= 11 is 3.11. The lowest BCUT2D eigenvalue weighted by atomic mass is 10.1. The minimum atomic E-state index is -1.25. The molecule has 1 aliphatic heterocycles. The third-order valence-electron chi connectivity index (χ3n) is 3.91. The number of aromatic carboxylic acids is 1. The fraction of sp³-hybridized carbons (Fsp3) is 0.176. The number of rotatable bonds is 3. The monoisotopic (exact) mass is 410 g/mol. The first-order valence-electron chi connectivity index (χ1n) is 7.41. The summed E-state index contributed by atoms with van der Waals surface area (Å²) in [7, 11) is 0. The predicted molar refractivity (Wildman–Crippen MR) is 90.7 cm³/mol.